The molecule has 8 nitrogen and oxygen atoms in total. The highest BCUT2D eigenvalue weighted by Crippen LogP contribution is 2.50. The second-order valence-corrected chi connectivity index (χ2v) is 4.95. The topological polar surface area (TPSA) is 105 Å². The Hall–Kier alpha value is -2.51. The molecule has 0 aromatic carbocycles. The summed E-state index contributed by atoms with van der Waals surface area (Å²) in [5.41, 5.74) is -5.71. The molecule has 1 rings (SSSR count). The van der Waals surface area contributed by atoms with Gasteiger partial charge >= 0.3 is 24.4 Å². The van der Waals surface area contributed by atoms with Gasteiger partial charge in [-0.2, -0.15) is 26.3 Å². The summed E-state index contributed by atoms with van der Waals surface area (Å²) < 4.78 is 87.1. The van der Waals surface area contributed by atoms with Crippen molar-refractivity contribution in [3.63, 3.8) is 0 Å². The van der Waals surface area contributed by atoms with Crippen molar-refractivity contribution in [1.82, 2.24) is 10.4 Å². The average Bonchev–Trinajstić information content (AvgIpc) is 2.74. The highest BCUT2D eigenvalue weighted by Gasteiger charge is 2.73. The third kappa shape index (κ3) is 3.27. The summed E-state index contributed by atoms with van der Waals surface area (Å²) >= 11 is 0. The Morgan fingerprint density at radius 2 is 1.62 bits per heavy atom. The molecule has 0 aliphatic carbocycles. The molecule has 2 unspecified atom stereocenters. The smallest absolute Gasteiger partial charge is 0.450 e. The second kappa shape index (κ2) is 6.66. The molecule has 0 aromatic heterocycles. The fraction of sp³-hybridized carbons (Fsp3) is 0.583. The summed E-state index contributed by atoms with van der Waals surface area (Å²) in [5, 5.41) is 9.58. The number of hydrazine groups is 1. The van der Waals surface area contributed by atoms with Crippen molar-refractivity contribution in [2.45, 2.75) is 25.0 Å². The first kappa shape index (κ1) is 21.5. The summed E-state index contributed by atoms with van der Waals surface area (Å²) in [6.07, 6.45) is -13.4. The van der Waals surface area contributed by atoms with E-state index in [1.807, 2.05) is 0 Å². The summed E-state index contributed by atoms with van der Waals surface area (Å²) in [4.78, 5) is 34.6. The number of methoxy groups -OCH3 is 2. The van der Waals surface area contributed by atoms with E-state index in [0.717, 1.165) is 7.11 Å². The van der Waals surface area contributed by atoms with Gasteiger partial charge in [0, 0.05) is 5.70 Å². The number of nitrogens with one attached hydrogen (secondary N) is 1. The van der Waals surface area contributed by atoms with Crippen molar-refractivity contribution < 1.29 is 55.3 Å². The van der Waals surface area contributed by atoms with Crippen molar-refractivity contribution >= 4 is 17.8 Å². The third-order valence-electron chi connectivity index (χ3n) is 3.51. The zero-order valence-corrected chi connectivity index (χ0v) is 13.3. The highest BCUT2D eigenvalue weighted by molar-refractivity contribution is 6.02. The first-order valence-corrected chi connectivity index (χ1v) is 6.48. The lowest BCUT2D eigenvalue weighted by Gasteiger charge is -2.39. The van der Waals surface area contributed by atoms with Gasteiger partial charge in [-0.05, 0) is 6.92 Å². The lowest BCUT2D eigenvalue weighted by Crippen LogP contribution is -2.66. The van der Waals surface area contributed by atoms with Gasteiger partial charge in [0.2, 0.25) is 5.78 Å². The number of hydrogen-bond donors (Lipinski definition) is 2. The summed E-state index contributed by atoms with van der Waals surface area (Å²) in [7, 11) is 1.36. The number of nitrogens with zero attached hydrogens (tertiary/aromatic N) is 1. The molecule has 0 radical (unpaired) electrons. The van der Waals surface area contributed by atoms with E-state index in [1.54, 1.807) is 0 Å². The van der Waals surface area contributed by atoms with E-state index in [-0.39, 0.29) is 0 Å². The van der Waals surface area contributed by atoms with E-state index in [4.69, 9.17) is 0 Å². The van der Waals surface area contributed by atoms with Crippen molar-refractivity contribution in [1.29, 1.82) is 0 Å². The Bertz CT molecular complexity index is 658. The number of ether oxygens (including phenoxy) is 2. The Kier molecular flexibility index (Phi) is 5.52. The van der Waals surface area contributed by atoms with Crippen molar-refractivity contribution in [3.8, 4) is 0 Å². The van der Waals surface area contributed by atoms with Crippen LogP contribution in [0.15, 0.2) is 11.3 Å². The fourth-order valence-electron chi connectivity index (χ4n) is 2.36. The number of hydrogen-bond acceptors (Lipinski definition) is 7. The minimum absolute atomic E-state index is 0.487. The molecule has 26 heavy (non-hydrogen) atoms. The molecular formula is C12H12F6N2O6. The molecule has 2 N–H and O–H groups in total. The number of esters is 1. The number of alkyl halides is 6. The third-order valence-corrected chi connectivity index (χ3v) is 3.51. The molecule has 2 atom stereocenters. The number of carbonyl (C=O) groups is 3. The molecule has 1 aliphatic heterocycles. The molecular weight excluding hydrogens is 382 g/mol. The Balaban J connectivity index is 3.76. The number of amides is 1. The van der Waals surface area contributed by atoms with Crippen LogP contribution < -0.4 is 5.43 Å². The van der Waals surface area contributed by atoms with E-state index < -0.39 is 58.1 Å². The lowest BCUT2D eigenvalue weighted by atomic mass is 9.86. The van der Waals surface area contributed by atoms with E-state index in [2.05, 4.69) is 9.47 Å². The van der Waals surface area contributed by atoms with E-state index in [9.17, 15) is 45.8 Å². The number of ketones is 1. The van der Waals surface area contributed by atoms with E-state index >= 15 is 0 Å². The van der Waals surface area contributed by atoms with E-state index in [1.165, 1.54) is 5.43 Å². The SMILES string of the molecule is COC(=O)NN1C(C)=C(C(=O)OC)C(C(=O)C(F)(F)F)C1(O)C(F)(F)F. The minimum atomic E-state index is -5.92. The minimum Gasteiger partial charge on any atom is -0.466 e. The maximum atomic E-state index is 13.5. The molecule has 148 valence electrons. The van der Waals surface area contributed by atoms with Gasteiger partial charge in [-0.3, -0.25) is 4.79 Å². The molecule has 0 aromatic rings. The van der Waals surface area contributed by atoms with Gasteiger partial charge in [0.15, 0.2) is 0 Å². The van der Waals surface area contributed by atoms with Gasteiger partial charge in [-0.15, -0.1) is 0 Å². The average molecular weight is 394 g/mol. The van der Waals surface area contributed by atoms with Gasteiger partial charge in [-0.1, -0.05) is 0 Å². The predicted octanol–water partition coefficient (Wildman–Crippen LogP) is 1.02. The van der Waals surface area contributed by atoms with Gasteiger partial charge in [0.05, 0.1) is 19.8 Å². The Morgan fingerprint density at radius 1 is 1.12 bits per heavy atom. The molecule has 0 saturated heterocycles. The Morgan fingerprint density at radius 3 is 1.96 bits per heavy atom. The molecule has 14 heteroatoms. The molecule has 1 aliphatic rings. The lowest BCUT2D eigenvalue weighted by molar-refractivity contribution is -0.323. The molecule has 0 fully saturated rings. The number of aliphatic hydroxyl groups is 1. The molecule has 1 amide bonds. The van der Waals surface area contributed by atoms with Gasteiger partial charge in [0.1, 0.15) is 5.92 Å². The largest absolute Gasteiger partial charge is 0.466 e. The summed E-state index contributed by atoms with van der Waals surface area (Å²) in [6.45, 7) is 0.669. The number of allylic oxidation sites excluding steroid dienone is 1. The zero-order chi connectivity index (χ0) is 20.7. The molecule has 1 heterocycles. The maximum absolute atomic E-state index is 13.5. The quantitative estimate of drug-likeness (QED) is 0.544. The molecule has 0 spiro atoms. The summed E-state index contributed by atoms with van der Waals surface area (Å²) in [5.74, 6) is -8.26. The monoisotopic (exact) mass is 394 g/mol. The summed E-state index contributed by atoms with van der Waals surface area (Å²) in [6, 6.07) is 0. The normalized spacial score (nSPS) is 23.8. The van der Waals surface area contributed by atoms with Gasteiger partial charge in [-0.25, -0.2) is 20.0 Å². The van der Waals surface area contributed by atoms with Crippen molar-refractivity contribution in [2.75, 3.05) is 14.2 Å². The first-order valence-electron chi connectivity index (χ1n) is 6.48. The van der Waals surface area contributed by atoms with Crippen LogP contribution in [0.1, 0.15) is 6.92 Å². The number of halogens is 6. The second-order valence-electron chi connectivity index (χ2n) is 4.95. The molecule has 0 saturated carbocycles. The van der Waals surface area contributed by atoms with Crippen molar-refractivity contribution in [3.05, 3.63) is 11.3 Å². The van der Waals surface area contributed by atoms with Crippen molar-refractivity contribution in [2.24, 2.45) is 5.92 Å². The fourth-order valence-corrected chi connectivity index (χ4v) is 2.36. The molecule has 0 bridgehead atoms. The zero-order valence-electron chi connectivity index (χ0n) is 13.3. The van der Waals surface area contributed by atoms with Crippen LogP contribution in [0.25, 0.3) is 0 Å². The van der Waals surface area contributed by atoms with Crippen LogP contribution >= 0.6 is 0 Å². The van der Waals surface area contributed by atoms with Crippen LogP contribution in [0.5, 0.6) is 0 Å². The van der Waals surface area contributed by atoms with Gasteiger partial charge < -0.3 is 14.6 Å². The number of rotatable bonds is 3. The number of Topliss-reactive ketones (excluding diaryl/α,β-unsaturated/α-hetero) is 1. The van der Waals surface area contributed by atoms with E-state index in [0.29, 0.717) is 14.0 Å². The van der Waals surface area contributed by atoms with Crippen LogP contribution in [0, 0.1) is 5.92 Å². The standard InChI is InChI=1S/C12H12F6N2O6/c1-4-5(8(22)25-2)6(7(21)11(13,14)15)10(24,12(16,17)18)20(4)19-9(23)26-3/h6,24H,1-3H3,(H,19,23). The number of carbonyl (C=O) groups excluding carboxylic acids is 3. The van der Waals surface area contributed by atoms with Crippen LogP contribution in [0.2, 0.25) is 0 Å². The Labute approximate surface area is 141 Å². The van der Waals surface area contributed by atoms with Crippen LogP contribution in [0.3, 0.4) is 0 Å². The van der Waals surface area contributed by atoms with Crippen LogP contribution in [-0.2, 0) is 19.1 Å². The predicted molar refractivity (Wildman–Crippen MR) is 67.7 cm³/mol. The first-order chi connectivity index (χ1) is 11.6. The van der Waals surface area contributed by atoms with Gasteiger partial charge in [0.25, 0.3) is 5.72 Å². The van der Waals surface area contributed by atoms with Crippen LogP contribution in [0.4, 0.5) is 31.1 Å². The van der Waals surface area contributed by atoms with Crippen LogP contribution in [-0.4, -0.2) is 60.3 Å². The highest BCUT2D eigenvalue weighted by atomic mass is 19.4. The maximum Gasteiger partial charge on any atom is 0.450 e.